The average molecular weight is 282 g/mol. The first-order valence-corrected chi connectivity index (χ1v) is 7.58. The van der Waals surface area contributed by atoms with E-state index in [0.29, 0.717) is 21.5 Å². The summed E-state index contributed by atoms with van der Waals surface area (Å²) in [4.78, 5) is 14.2. The van der Waals surface area contributed by atoms with Gasteiger partial charge >= 0.3 is 0 Å². The van der Waals surface area contributed by atoms with Crippen LogP contribution < -0.4 is 5.73 Å². The lowest BCUT2D eigenvalue weighted by molar-refractivity contribution is 0.0754. The smallest absolute Gasteiger partial charge is 0.284 e. The Morgan fingerprint density at radius 1 is 1.32 bits per heavy atom. The minimum atomic E-state index is -0.0243. The highest BCUT2D eigenvalue weighted by atomic mass is 32.1. The Kier molecular flexibility index (Phi) is 4.08. The quantitative estimate of drug-likeness (QED) is 0.858. The minimum absolute atomic E-state index is 0.0243. The molecule has 0 radical (unpaired) electrons. The Labute approximate surface area is 118 Å². The molecule has 0 aromatic carbocycles. The second-order valence-corrected chi connectivity index (χ2v) is 7.24. The van der Waals surface area contributed by atoms with E-state index < -0.39 is 0 Å². The molecular weight excluding hydrogens is 260 g/mol. The summed E-state index contributed by atoms with van der Waals surface area (Å²) in [5, 5.41) is 8.31. The molecule has 0 spiro atoms. The first-order chi connectivity index (χ1) is 8.88. The van der Waals surface area contributed by atoms with Crippen molar-refractivity contribution in [2.24, 2.45) is 11.3 Å². The topological polar surface area (TPSA) is 72.1 Å². The summed E-state index contributed by atoms with van der Waals surface area (Å²) in [6, 6.07) is 0. The molecule has 1 atom stereocenters. The van der Waals surface area contributed by atoms with Crippen LogP contribution >= 0.6 is 11.3 Å². The number of amides is 1. The molecule has 2 heterocycles. The Morgan fingerprint density at radius 3 is 2.63 bits per heavy atom. The summed E-state index contributed by atoms with van der Waals surface area (Å²) >= 11 is 1.17. The Hall–Kier alpha value is -1.17. The first kappa shape index (κ1) is 14.2. The van der Waals surface area contributed by atoms with E-state index in [1.165, 1.54) is 17.8 Å². The highest BCUT2D eigenvalue weighted by Crippen LogP contribution is 2.34. The Balaban J connectivity index is 2.01. The van der Waals surface area contributed by atoms with Gasteiger partial charge in [0.25, 0.3) is 5.91 Å². The molecule has 1 saturated heterocycles. The number of anilines is 1. The summed E-state index contributed by atoms with van der Waals surface area (Å²) in [7, 11) is 0. The van der Waals surface area contributed by atoms with E-state index in [1.54, 1.807) is 0 Å². The molecule has 0 aliphatic carbocycles. The van der Waals surface area contributed by atoms with Crippen molar-refractivity contribution in [1.82, 2.24) is 15.1 Å². The van der Waals surface area contributed by atoms with Crippen LogP contribution in [0.5, 0.6) is 0 Å². The molecule has 0 saturated carbocycles. The Morgan fingerprint density at radius 2 is 2.05 bits per heavy atom. The molecule has 2 N–H and O–H groups in total. The molecule has 1 aliphatic heterocycles. The van der Waals surface area contributed by atoms with Gasteiger partial charge in [0.05, 0.1) is 0 Å². The summed E-state index contributed by atoms with van der Waals surface area (Å²) in [5.74, 6) is 0.647. The van der Waals surface area contributed by atoms with Gasteiger partial charge in [-0.05, 0) is 30.6 Å². The number of carbonyl (C=O) groups is 1. The van der Waals surface area contributed by atoms with Crippen LogP contribution in [0, 0.1) is 11.3 Å². The van der Waals surface area contributed by atoms with Gasteiger partial charge in [-0.2, -0.15) is 0 Å². The molecule has 19 heavy (non-hydrogen) atoms. The lowest BCUT2D eigenvalue weighted by Gasteiger charge is -2.29. The fourth-order valence-electron chi connectivity index (χ4n) is 2.62. The van der Waals surface area contributed by atoms with Gasteiger partial charge in [-0.25, -0.2) is 0 Å². The van der Waals surface area contributed by atoms with Crippen molar-refractivity contribution in [2.45, 2.75) is 40.0 Å². The fourth-order valence-corrected chi connectivity index (χ4v) is 3.20. The van der Waals surface area contributed by atoms with Gasteiger partial charge in [-0.3, -0.25) is 4.79 Å². The number of likely N-dealkylation sites (tertiary alicyclic amines) is 1. The van der Waals surface area contributed by atoms with Crippen molar-refractivity contribution in [3.63, 3.8) is 0 Å². The van der Waals surface area contributed by atoms with Crippen molar-refractivity contribution < 1.29 is 4.79 Å². The van der Waals surface area contributed by atoms with Gasteiger partial charge in [0, 0.05) is 13.1 Å². The molecule has 1 aromatic heterocycles. The van der Waals surface area contributed by atoms with Gasteiger partial charge in [0.15, 0.2) is 0 Å². The molecule has 6 heteroatoms. The van der Waals surface area contributed by atoms with Crippen LogP contribution in [0.4, 0.5) is 5.13 Å². The maximum atomic E-state index is 12.3. The van der Waals surface area contributed by atoms with Crippen molar-refractivity contribution in [3.8, 4) is 0 Å². The molecular formula is C13H22N4OS. The third kappa shape index (κ3) is 3.43. The van der Waals surface area contributed by atoms with Crippen LogP contribution in [0.2, 0.25) is 0 Å². The highest BCUT2D eigenvalue weighted by Gasteiger charge is 2.29. The Bertz CT molecular complexity index is 452. The van der Waals surface area contributed by atoms with Crippen molar-refractivity contribution in [3.05, 3.63) is 5.01 Å². The number of hydrogen-bond acceptors (Lipinski definition) is 5. The van der Waals surface area contributed by atoms with Crippen molar-refractivity contribution in [2.75, 3.05) is 18.8 Å². The monoisotopic (exact) mass is 282 g/mol. The van der Waals surface area contributed by atoms with Crippen molar-refractivity contribution >= 4 is 22.4 Å². The number of hydrogen-bond donors (Lipinski definition) is 1. The average Bonchev–Trinajstić information content (AvgIpc) is 2.62. The van der Waals surface area contributed by atoms with Gasteiger partial charge in [0.1, 0.15) is 0 Å². The molecule has 1 amide bonds. The van der Waals surface area contributed by atoms with Crippen LogP contribution in [-0.2, 0) is 0 Å². The fraction of sp³-hybridized carbons (Fsp3) is 0.769. The molecule has 1 aliphatic rings. The zero-order valence-corrected chi connectivity index (χ0v) is 12.7. The third-order valence-corrected chi connectivity index (χ3v) is 4.60. The van der Waals surface area contributed by atoms with Gasteiger partial charge in [-0.15, -0.1) is 10.2 Å². The van der Waals surface area contributed by atoms with Crippen LogP contribution in [0.1, 0.15) is 49.8 Å². The molecule has 1 aromatic rings. The molecule has 2 rings (SSSR count). The van der Waals surface area contributed by atoms with E-state index in [9.17, 15) is 4.79 Å². The second kappa shape index (κ2) is 5.45. The van der Waals surface area contributed by atoms with Gasteiger partial charge < -0.3 is 10.6 Å². The van der Waals surface area contributed by atoms with Crippen molar-refractivity contribution in [1.29, 1.82) is 0 Å². The lowest BCUT2D eigenvalue weighted by atomic mass is 9.77. The van der Waals surface area contributed by atoms with Crippen LogP contribution in [0.3, 0.4) is 0 Å². The maximum Gasteiger partial charge on any atom is 0.284 e. The predicted octanol–water partition coefficient (Wildman–Crippen LogP) is 2.41. The summed E-state index contributed by atoms with van der Waals surface area (Å²) in [6.45, 7) is 8.45. The number of carbonyl (C=O) groups excluding carboxylic acids is 1. The SMILES string of the molecule is CC(C)(C)C1CCCN(C(=O)c2nnc(N)s2)CC1. The lowest BCUT2D eigenvalue weighted by Crippen LogP contribution is -2.32. The number of nitrogen functional groups attached to an aromatic ring is 1. The van der Waals surface area contributed by atoms with Crippen LogP contribution in [0.15, 0.2) is 0 Å². The van der Waals surface area contributed by atoms with E-state index in [1.807, 2.05) is 4.90 Å². The van der Waals surface area contributed by atoms with E-state index in [-0.39, 0.29) is 5.91 Å². The number of nitrogens with two attached hydrogens (primary N) is 1. The molecule has 106 valence electrons. The molecule has 0 bridgehead atoms. The van der Waals surface area contributed by atoms with E-state index in [4.69, 9.17) is 5.73 Å². The molecule has 5 nitrogen and oxygen atoms in total. The predicted molar refractivity (Wildman–Crippen MR) is 77.0 cm³/mol. The number of aromatic nitrogens is 2. The highest BCUT2D eigenvalue weighted by molar-refractivity contribution is 7.16. The summed E-state index contributed by atoms with van der Waals surface area (Å²) in [6.07, 6.45) is 3.30. The number of rotatable bonds is 1. The van der Waals surface area contributed by atoms with Gasteiger partial charge in [-0.1, -0.05) is 32.1 Å². The normalized spacial score (nSPS) is 21.2. The third-order valence-electron chi connectivity index (χ3n) is 3.86. The molecule has 1 unspecified atom stereocenters. The number of nitrogens with zero attached hydrogens (tertiary/aromatic N) is 3. The van der Waals surface area contributed by atoms with E-state index >= 15 is 0 Å². The first-order valence-electron chi connectivity index (χ1n) is 6.76. The zero-order valence-electron chi connectivity index (χ0n) is 11.8. The molecule has 1 fully saturated rings. The van der Waals surface area contributed by atoms with Gasteiger partial charge in [0.2, 0.25) is 10.1 Å². The summed E-state index contributed by atoms with van der Waals surface area (Å²) < 4.78 is 0. The largest absolute Gasteiger partial charge is 0.374 e. The summed E-state index contributed by atoms with van der Waals surface area (Å²) in [5.41, 5.74) is 5.84. The zero-order chi connectivity index (χ0) is 14.0. The van der Waals surface area contributed by atoms with Crippen LogP contribution in [-0.4, -0.2) is 34.1 Å². The second-order valence-electron chi connectivity index (χ2n) is 6.23. The van der Waals surface area contributed by atoms with E-state index in [0.717, 1.165) is 25.9 Å². The van der Waals surface area contributed by atoms with Crippen LogP contribution in [0.25, 0.3) is 0 Å². The van der Waals surface area contributed by atoms with E-state index in [2.05, 4.69) is 31.0 Å². The maximum absolute atomic E-state index is 12.3. The standard InChI is InChI=1S/C13H22N4OS/c1-13(2,3)9-5-4-7-17(8-6-9)11(18)10-15-16-12(14)19-10/h9H,4-8H2,1-3H3,(H2,14,16). The minimum Gasteiger partial charge on any atom is -0.374 e.